The Labute approximate surface area is 84.1 Å². The van der Waals surface area contributed by atoms with Crippen molar-refractivity contribution in [3.63, 3.8) is 0 Å². The minimum absolute atomic E-state index is 0.0932. The van der Waals surface area contributed by atoms with Crippen molar-refractivity contribution in [3.05, 3.63) is 35.2 Å². The summed E-state index contributed by atoms with van der Waals surface area (Å²) in [7, 11) is 0. The summed E-state index contributed by atoms with van der Waals surface area (Å²) in [6, 6.07) is 4.41. The molecule has 0 saturated carbocycles. The number of anilines is 2. The molecule has 1 heterocycles. The lowest BCUT2D eigenvalue weighted by molar-refractivity contribution is 0.629. The maximum Gasteiger partial charge on any atom is 0.172 e. The summed E-state index contributed by atoms with van der Waals surface area (Å²) in [6.45, 7) is 0. The summed E-state index contributed by atoms with van der Waals surface area (Å²) in [4.78, 5) is 0. The molecule has 0 unspecified atom stereocenters. The fourth-order valence-corrected chi connectivity index (χ4v) is 1.10. The van der Waals surface area contributed by atoms with Crippen LogP contribution in [0.3, 0.4) is 0 Å². The Morgan fingerprint density at radius 3 is 2.93 bits per heavy atom. The second-order valence-corrected chi connectivity index (χ2v) is 3.02. The van der Waals surface area contributed by atoms with Gasteiger partial charge in [0.25, 0.3) is 0 Å². The largest absolute Gasteiger partial charge is 0.337 e. The first-order valence-electron chi connectivity index (χ1n) is 3.84. The van der Waals surface area contributed by atoms with Crippen molar-refractivity contribution in [2.75, 3.05) is 5.32 Å². The Balaban J connectivity index is 2.22. The average molecular weight is 213 g/mol. The molecule has 2 aromatic rings. The highest BCUT2D eigenvalue weighted by Gasteiger charge is 2.01. The molecule has 0 amide bonds. The highest BCUT2D eigenvalue weighted by molar-refractivity contribution is 6.30. The highest BCUT2D eigenvalue weighted by atomic mass is 35.5. The number of H-pyrrole nitrogens is 1. The van der Waals surface area contributed by atoms with Crippen LogP contribution < -0.4 is 5.32 Å². The van der Waals surface area contributed by atoms with Crippen LogP contribution >= 0.6 is 11.6 Å². The lowest BCUT2D eigenvalue weighted by atomic mass is 10.3. The van der Waals surface area contributed by atoms with Gasteiger partial charge in [-0.3, -0.25) is 5.10 Å². The van der Waals surface area contributed by atoms with Crippen LogP contribution in [0.5, 0.6) is 0 Å². The number of nitrogens with one attached hydrogen (secondary N) is 2. The number of aromatic nitrogens is 3. The van der Waals surface area contributed by atoms with E-state index in [4.69, 9.17) is 11.6 Å². The van der Waals surface area contributed by atoms with Crippen LogP contribution in [0, 0.1) is 5.82 Å². The van der Waals surface area contributed by atoms with E-state index in [-0.39, 0.29) is 5.02 Å². The zero-order chi connectivity index (χ0) is 9.97. The van der Waals surface area contributed by atoms with Gasteiger partial charge in [0.2, 0.25) is 0 Å². The molecule has 1 aromatic carbocycles. The number of halogens is 2. The van der Waals surface area contributed by atoms with Gasteiger partial charge in [-0.05, 0) is 18.2 Å². The minimum atomic E-state index is -0.472. The standard InChI is InChI=1S/C8H6ClFN4/c9-6-2-1-5(3-7(6)10)12-8-4-11-14-13-8/h1-4H,(H2,11,12,13,14). The Morgan fingerprint density at radius 2 is 2.29 bits per heavy atom. The predicted octanol–water partition coefficient (Wildman–Crippen LogP) is 2.34. The average Bonchev–Trinajstić information content (AvgIpc) is 2.64. The summed E-state index contributed by atoms with van der Waals surface area (Å²) in [5, 5.41) is 12.7. The SMILES string of the molecule is Fc1cc(Nc2c[nH]nn2)ccc1Cl. The highest BCUT2D eigenvalue weighted by Crippen LogP contribution is 2.20. The molecule has 0 radical (unpaired) electrons. The van der Waals surface area contributed by atoms with Crippen LogP contribution in [-0.2, 0) is 0 Å². The molecule has 14 heavy (non-hydrogen) atoms. The van der Waals surface area contributed by atoms with Crippen molar-refractivity contribution in [2.45, 2.75) is 0 Å². The van der Waals surface area contributed by atoms with Gasteiger partial charge >= 0.3 is 0 Å². The topological polar surface area (TPSA) is 53.6 Å². The van der Waals surface area contributed by atoms with Gasteiger partial charge in [0.1, 0.15) is 5.82 Å². The molecule has 0 spiro atoms. The van der Waals surface area contributed by atoms with Crippen LogP contribution in [0.4, 0.5) is 15.9 Å². The second kappa shape index (κ2) is 3.63. The van der Waals surface area contributed by atoms with E-state index in [1.54, 1.807) is 12.3 Å². The number of nitrogens with zero attached hydrogens (tertiary/aromatic N) is 2. The van der Waals surface area contributed by atoms with Crippen molar-refractivity contribution in [2.24, 2.45) is 0 Å². The Morgan fingerprint density at radius 1 is 1.43 bits per heavy atom. The zero-order valence-corrected chi connectivity index (χ0v) is 7.72. The molecule has 0 aliphatic carbocycles. The number of hydrogen-bond donors (Lipinski definition) is 2. The Kier molecular flexibility index (Phi) is 2.32. The maximum absolute atomic E-state index is 13.0. The van der Waals surface area contributed by atoms with Gasteiger partial charge in [0, 0.05) is 5.69 Å². The first kappa shape index (κ1) is 8.96. The summed E-state index contributed by atoms with van der Waals surface area (Å²) < 4.78 is 13.0. The lowest BCUT2D eigenvalue weighted by Crippen LogP contribution is -1.91. The van der Waals surface area contributed by atoms with Gasteiger partial charge < -0.3 is 5.32 Å². The molecule has 0 aliphatic rings. The van der Waals surface area contributed by atoms with Gasteiger partial charge in [-0.15, -0.1) is 5.10 Å². The number of benzene rings is 1. The molecule has 0 atom stereocenters. The molecule has 0 bridgehead atoms. The smallest absolute Gasteiger partial charge is 0.172 e. The molecule has 2 rings (SSSR count). The van der Waals surface area contributed by atoms with Crippen molar-refractivity contribution in [3.8, 4) is 0 Å². The molecule has 0 fully saturated rings. The van der Waals surface area contributed by atoms with Crippen LogP contribution in [-0.4, -0.2) is 15.4 Å². The molecule has 72 valence electrons. The first-order valence-corrected chi connectivity index (χ1v) is 4.22. The van der Waals surface area contributed by atoms with Crippen LogP contribution in [0.15, 0.2) is 24.4 Å². The molecular weight excluding hydrogens is 207 g/mol. The quantitative estimate of drug-likeness (QED) is 0.804. The fourth-order valence-electron chi connectivity index (χ4n) is 0.984. The third-order valence-corrected chi connectivity index (χ3v) is 1.92. The van der Waals surface area contributed by atoms with E-state index in [1.807, 2.05) is 0 Å². The molecule has 6 heteroatoms. The van der Waals surface area contributed by atoms with Crippen molar-refractivity contribution >= 4 is 23.1 Å². The predicted molar refractivity (Wildman–Crippen MR) is 51.1 cm³/mol. The molecular formula is C8H6ClFN4. The van der Waals surface area contributed by atoms with Crippen molar-refractivity contribution in [1.29, 1.82) is 0 Å². The maximum atomic E-state index is 13.0. The van der Waals surface area contributed by atoms with E-state index in [1.165, 1.54) is 12.1 Å². The van der Waals surface area contributed by atoms with Gasteiger partial charge in [0.15, 0.2) is 5.82 Å². The molecule has 1 aromatic heterocycles. The van der Waals surface area contributed by atoms with Crippen molar-refractivity contribution < 1.29 is 4.39 Å². The minimum Gasteiger partial charge on any atom is -0.337 e. The lowest BCUT2D eigenvalue weighted by Gasteiger charge is -2.02. The molecule has 4 nitrogen and oxygen atoms in total. The third-order valence-electron chi connectivity index (χ3n) is 1.61. The van der Waals surface area contributed by atoms with Gasteiger partial charge in [-0.2, -0.15) is 0 Å². The monoisotopic (exact) mass is 212 g/mol. The van der Waals surface area contributed by atoms with Crippen molar-refractivity contribution in [1.82, 2.24) is 15.4 Å². The van der Waals surface area contributed by atoms with E-state index in [9.17, 15) is 4.39 Å². The summed E-state index contributed by atoms with van der Waals surface area (Å²) in [6.07, 6.45) is 1.56. The van der Waals surface area contributed by atoms with Gasteiger partial charge in [-0.1, -0.05) is 16.8 Å². The Hall–Kier alpha value is -1.62. The van der Waals surface area contributed by atoms with E-state index in [2.05, 4.69) is 20.7 Å². The Bertz CT molecular complexity index is 429. The molecule has 0 saturated heterocycles. The second-order valence-electron chi connectivity index (χ2n) is 2.61. The van der Waals surface area contributed by atoms with Gasteiger partial charge in [-0.25, -0.2) is 4.39 Å². The molecule has 0 aliphatic heterocycles. The van der Waals surface area contributed by atoms with Crippen LogP contribution in [0.25, 0.3) is 0 Å². The van der Waals surface area contributed by atoms with E-state index in [0.29, 0.717) is 11.5 Å². The van der Waals surface area contributed by atoms with E-state index >= 15 is 0 Å². The van der Waals surface area contributed by atoms with E-state index < -0.39 is 5.82 Å². The summed E-state index contributed by atoms with van der Waals surface area (Å²) in [5.74, 6) is 0.0480. The summed E-state index contributed by atoms with van der Waals surface area (Å²) >= 11 is 5.53. The zero-order valence-electron chi connectivity index (χ0n) is 6.96. The van der Waals surface area contributed by atoms with Crippen LogP contribution in [0.1, 0.15) is 0 Å². The van der Waals surface area contributed by atoms with Crippen LogP contribution in [0.2, 0.25) is 5.02 Å². The molecule has 2 N–H and O–H groups in total. The normalized spacial score (nSPS) is 10.1. The van der Waals surface area contributed by atoms with E-state index in [0.717, 1.165) is 0 Å². The number of rotatable bonds is 2. The fraction of sp³-hybridized carbons (Fsp3) is 0. The van der Waals surface area contributed by atoms with Gasteiger partial charge in [0.05, 0.1) is 11.2 Å². The summed E-state index contributed by atoms with van der Waals surface area (Å²) in [5.41, 5.74) is 0.570. The number of hydrogen-bond acceptors (Lipinski definition) is 3. The first-order chi connectivity index (χ1) is 6.75. The number of aromatic amines is 1. The third kappa shape index (κ3) is 1.82.